The maximum atomic E-state index is 12.1. The minimum Gasteiger partial charge on any atom is -0.493 e. The predicted molar refractivity (Wildman–Crippen MR) is 73.3 cm³/mol. The molecule has 0 fully saturated rings. The largest absolute Gasteiger partial charge is 0.493 e. The van der Waals surface area contributed by atoms with Crippen LogP contribution in [-0.4, -0.2) is 12.5 Å². The molecule has 0 saturated heterocycles. The molecule has 0 aromatic heterocycles. The normalized spacial score (nSPS) is 12.6. The van der Waals surface area contributed by atoms with Crippen LogP contribution in [0.3, 0.4) is 0 Å². The molecule has 0 saturated carbocycles. The third-order valence-corrected chi connectivity index (χ3v) is 3.25. The van der Waals surface area contributed by atoms with Crippen LogP contribution in [0.1, 0.15) is 21.5 Å². The van der Waals surface area contributed by atoms with Gasteiger partial charge in [0, 0.05) is 18.5 Å². The highest BCUT2D eigenvalue weighted by Crippen LogP contribution is 2.25. The van der Waals surface area contributed by atoms with Crippen LogP contribution in [0.15, 0.2) is 48.5 Å². The highest BCUT2D eigenvalue weighted by atomic mass is 16.5. The molecule has 1 amide bonds. The monoisotopic (exact) mass is 253 g/mol. The van der Waals surface area contributed by atoms with Crippen LogP contribution in [0.2, 0.25) is 0 Å². The second-order valence-corrected chi connectivity index (χ2v) is 4.59. The van der Waals surface area contributed by atoms with Crippen molar-refractivity contribution in [3.8, 4) is 5.75 Å². The molecule has 0 unspecified atom stereocenters. The van der Waals surface area contributed by atoms with Crippen molar-refractivity contribution in [1.29, 1.82) is 0 Å². The number of hydrogen-bond donors (Lipinski definition) is 1. The summed E-state index contributed by atoms with van der Waals surface area (Å²) >= 11 is 0. The number of amides is 1. The van der Waals surface area contributed by atoms with Crippen LogP contribution in [0.5, 0.6) is 5.75 Å². The van der Waals surface area contributed by atoms with Gasteiger partial charge in [0.1, 0.15) is 5.75 Å². The summed E-state index contributed by atoms with van der Waals surface area (Å²) in [4.78, 5) is 12.1. The Balaban J connectivity index is 1.67. The molecule has 0 spiro atoms. The van der Waals surface area contributed by atoms with E-state index in [9.17, 15) is 4.79 Å². The maximum Gasteiger partial charge on any atom is 0.251 e. The van der Waals surface area contributed by atoms with E-state index in [2.05, 4.69) is 5.32 Å². The molecular formula is C16H15NO2. The van der Waals surface area contributed by atoms with Crippen molar-refractivity contribution in [2.24, 2.45) is 0 Å². The minimum atomic E-state index is -0.0430. The molecule has 19 heavy (non-hydrogen) atoms. The van der Waals surface area contributed by atoms with E-state index in [1.54, 1.807) is 0 Å². The van der Waals surface area contributed by atoms with E-state index in [1.807, 2.05) is 48.5 Å². The summed E-state index contributed by atoms with van der Waals surface area (Å²) in [7, 11) is 0. The van der Waals surface area contributed by atoms with Gasteiger partial charge in [-0.05, 0) is 29.3 Å². The van der Waals surface area contributed by atoms with Crippen LogP contribution in [0.25, 0.3) is 0 Å². The number of ether oxygens (including phenoxy) is 1. The number of carbonyl (C=O) groups excluding carboxylic acids is 1. The molecule has 1 aliphatic heterocycles. The van der Waals surface area contributed by atoms with Crippen LogP contribution in [0, 0.1) is 0 Å². The Hall–Kier alpha value is -2.29. The van der Waals surface area contributed by atoms with E-state index in [4.69, 9.17) is 4.74 Å². The van der Waals surface area contributed by atoms with Crippen LogP contribution in [0.4, 0.5) is 0 Å². The zero-order valence-electron chi connectivity index (χ0n) is 10.6. The molecule has 1 aliphatic rings. The number of carbonyl (C=O) groups is 1. The van der Waals surface area contributed by atoms with Gasteiger partial charge in [0.05, 0.1) is 6.61 Å². The lowest BCUT2D eigenvalue weighted by molar-refractivity contribution is 0.0951. The molecule has 2 aromatic carbocycles. The summed E-state index contributed by atoms with van der Waals surface area (Å²) in [5.74, 6) is 0.859. The fourth-order valence-corrected chi connectivity index (χ4v) is 2.21. The Morgan fingerprint density at radius 2 is 2.00 bits per heavy atom. The molecule has 0 atom stereocenters. The van der Waals surface area contributed by atoms with Gasteiger partial charge in [-0.2, -0.15) is 0 Å². The lowest BCUT2D eigenvalue weighted by atomic mass is 10.1. The van der Waals surface area contributed by atoms with E-state index in [0.29, 0.717) is 18.7 Å². The first-order valence-corrected chi connectivity index (χ1v) is 6.41. The summed E-state index contributed by atoms with van der Waals surface area (Å²) in [6.45, 7) is 1.26. The quantitative estimate of drug-likeness (QED) is 0.913. The predicted octanol–water partition coefficient (Wildman–Crippen LogP) is 2.55. The number of hydrogen-bond acceptors (Lipinski definition) is 2. The van der Waals surface area contributed by atoms with Gasteiger partial charge in [-0.25, -0.2) is 0 Å². The molecule has 0 bridgehead atoms. The van der Waals surface area contributed by atoms with Gasteiger partial charge in [-0.3, -0.25) is 4.79 Å². The van der Waals surface area contributed by atoms with Gasteiger partial charge in [0.2, 0.25) is 0 Å². The SMILES string of the molecule is O=C(NCc1ccccc1)c1ccc2c(c1)CCO2. The summed E-state index contributed by atoms with van der Waals surface area (Å²) in [6.07, 6.45) is 0.884. The van der Waals surface area contributed by atoms with Crippen molar-refractivity contribution in [3.63, 3.8) is 0 Å². The first-order valence-electron chi connectivity index (χ1n) is 6.41. The average Bonchev–Trinajstić information content (AvgIpc) is 2.93. The molecule has 0 radical (unpaired) electrons. The summed E-state index contributed by atoms with van der Waals surface area (Å²) < 4.78 is 5.43. The van der Waals surface area contributed by atoms with E-state index < -0.39 is 0 Å². The summed E-state index contributed by atoms with van der Waals surface area (Å²) in [6, 6.07) is 15.5. The number of nitrogens with one attached hydrogen (secondary N) is 1. The number of fused-ring (bicyclic) bond motifs is 1. The molecule has 1 heterocycles. The standard InChI is InChI=1S/C16H15NO2/c18-16(17-11-12-4-2-1-3-5-12)14-6-7-15-13(10-14)8-9-19-15/h1-7,10H,8-9,11H2,(H,17,18). The minimum absolute atomic E-state index is 0.0430. The molecule has 0 aliphatic carbocycles. The van der Waals surface area contributed by atoms with Gasteiger partial charge in [-0.1, -0.05) is 30.3 Å². The summed E-state index contributed by atoms with van der Waals surface area (Å²) in [5.41, 5.74) is 2.91. The molecule has 2 aromatic rings. The van der Waals surface area contributed by atoms with Crippen molar-refractivity contribution in [2.45, 2.75) is 13.0 Å². The van der Waals surface area contributed by atoms with Crippen LogP contribution < -0.4 is 10.1 Å². The first kappa shape index (κ1) is 11.8. The lowest BCUT2D eigenvalue weighted by Crippen LogP contribution is -2.22. The zero-order valence-corrected chi connectivity index (χ0v) is 10.6. The highest BCUT2D eigenvalue weighted by Gasteiger charge is 2.14. The molecule has 3 rings (SSSR count). The average molecular weight is 253 g/mol. The second kappa shape index (κ2) is 5.14. The van der Waals surface area contributed by atoms with Crippen molar-refractivity contribution >= 4 is 5.91 Å². The van der Waals surface area contributed by atoms with Crippen LogP contribution in [-0.2, 0) is 13.0 Å². The Morgan fingerprint density at radius 3 is 2.84 bits per heavy atom. The Labute approximate surface area is 112 Å². The third-order valence-electron chi connectivity index (χ3n) is 3.25. The number of rotatable bonds is 3. The molecule has 1 N–H and O–H groups in total. The smallest absolute Gasteiger partial charge is 0.251 e. The molecule has 3 nitrogen and oxygen atoms in total. The fraction of sp³-hybridized carbons (Fsp3) is 0.188. The van der Waals surface area contributed by atoms with Gasteiger partial charge in [0.25, 0.3) is 5.91 Å². The first-order chi connectivity index (χ1) is 9.33. The van der Waals surface area contributed by atoms with Crippen molar-refractivity contribution in [1.82, 2.24) is 5.32 Å². The van der Waals surface area contributed by atoms with Crippen molar-refractivity contribution in [3.05, 3.63) is 65.2 Å². The van der Waals surface area contributed by atoms with E-state index in [0.717, 1.165) is 23.3 Å². The maximum absolute atomic E-state index is 12.1. The van der Waals surface area contributed by atoms with E-state index in [1.165, 1.54) is 0 Å². The molecule has 96 valence electrons. The zero-order chi connectivity index (χ0) is 13.1. The van der Waals surface area contributed by atoms with Crippen LogP contribution >= 0.6 is 0 Å². The topological polar surface area (TPSA) is 38.3 Å². The lowest BCUT2D eigenvalue weighted by Gasteiger charge is -2.06. The van der Waals surface area contributed by atoms with Gasteiger partial charge < -0.3 is 10.1 Å². The highest BCUT2D eigenvalue weighted by molar-refractivity contribution is 5.94. The Bertz CT molecular complexity index is 593. The van der Waals surface area contributed by atoms with E-state index in [-0.39, 0.29) is 5.91 Å². The van der Waals surface area contributed by atoms with Gasteiger partial charge in [0.15, 0.2) is 0 Å². The number of benzene rings is 2. The third kappa shape index (κ3) is 2.60. The second-order valence-electron chi connectivity index (χ2n) is 4.59. The van der Waals surface area contributed by atoms with Crippen molar-refractivity contribution < 1.29 is 9.53 Å². The van der Waals surface area contributed by atoms with E-state index >= 15 is 0 Å². The van der Waals surface area contributed by atoms with Crippen molar-refractivity contribution in [2.75, 3.05) is 6.61 Å². The molecular weight excluding hydrogens is 238 g/mol. The van der Waals surface area contributed by atoms with Gasteiger partial charge >= 0.3 is 0 Å². The fourth-order valence-electron chi connectivity index (χ4n) is 2.21. The Kier molecular flexibility index (Phi) is 3.19. The Morgan fingerprint density at radius 1 is 1.16 bits per heavy atom. The van der Waals surface area contributed by atoms with Gasteiger partial charge in [-0.15, -0.1) is 0 Å². The molecule has 3 heteroatoms. The summed E-state index contributed by atoms with van der Waals surface area (Å²) in [5, 5.41) is 2.93.